The molecule has 1 aliphatic rings. The Labute approximate surface area is 154 Å². The summed E-state index contributed by atoms with van der Waals surface area (Å²) in [5.41, 5.74) is 2.75. The van der Waals surface area contributed by atoms with Gasteiger partial charge in [0.1, 0.15) is 0 Å². The average molecular weight is 355 g/mol. The van der Waals surface area contributed by atoms with Gasteiger partial charge in [0.25, 0.3) is 5.91 Å². The summed E-state index contributed by atoms with van der Waals surface area (Å²) in [6, 6.07) is 13.7. The van der Waals surface area contributed by atoms with Crippen LogP contribution >= 0.6 is 0 Å². The Bertz CT molecular complexity index is 757. The van der Waals surface area contributed by atoms with Crippen molar-refractivity contribution in [3.8, 4) is 22.6 Å². The molecule has 5 nitrogen and oxygen atoms in total. The molecule has 0 aliphatic carbocycles. The minimum absolute atomic E-state index is 0.0726. The van der Waals surface area contributed by atoms with Crippen LogP contribution in [0.25, 0.3) is 11.1 Å². The summed E-state index contributed by atoms with van der Waals surface area (Å²) in [4.78, 5) is 14.7. The summed E-state index contributed by atoms with van der Waals surface area (Å²) in [6.07, 6.45) is 2.03. The van der Waals surface area contributed by atoms with Crippen LogP contribution in [0.4, 0.5) is 0 Å². The zero-order valence-corrected chi connectivity index (χ0v) is 15.5. The molecule has 1 aliphatic heterocycles. The van der Waals surface area contributed by atoms with Crippen LogP contribution in [0.1, 0.15) is 23.2 Å². The van der Waals surface area contributed by atoms with Gasteiger partial charge in [-0.3, -0.25) is 4.79 Å². The van der Waals surface area contributed by atoms with Crippen LogP contribution in [0.2, 0.25) is 0 Å². The van der Waals surface area contributed by atoms with Crippen molar-refractivity contribution in [3.05, 3.63) is 48.0 Å². The first kappa shape index (κ1) is 18.3. The zero-order valence-electron chi connectivity index (χ0n) is 15.5. The van der Waals surface area contributed by atoms with Crippen molar-refractivity contribution in [2.75, 3.05) is 34.5 Å². The van der Waals surface area contributed by atoms with Gasteiger partial charge in [-0.15, -0.1) is 0 Å². The molecule has 0 N–H and O–H groups in total. The van der Waals surface area contributed by atoms with Crippen molar-refractivity contribution in [1.82, 2.24) is 4.90 Å². The van der Waals surface area contributed by atoms with Crippen LogP contribution in [-0.4, -0.2) is 51.3 Å². The molecule has 5 heteroatoms. The van der Waals surface area contributed by atoms with E-state index in [0.29, 0.717) is 23.7 Å². The molecule has 1 saturated heterocycles. The quantitative estimate of drug-likeness (QED) is 0.794. The third-order valence-electron chi connectivity index (χ3n) is 4.85. The Hall–Kier alpha value is -2.53. The van der Waals surface area contributed by atoms with Gasteiger partial charge in [-0.2, -0.15) is 0 Å². The number of hydrogen-bond donors (Lipinski definition) is 0. The lowest BCUT2D eigenvalue weighted by molar-refractivity contribution is 0.0630. The highest BCUT2D eigenvalue weighted by Gasteiger charge is 2.29. The van der Waals surface area contributed by atoms with E-state index in [9.17, 15) is 4.79 Å². The highest BCUT2D eigenvalue weighted by atomic mass is 16.5. The summed E-state index contributed by atoms with van der Waals surface area (Å²) in [5, 5.41) is 0. The first-order valence-electron chi connectivity index (χ1n) is 8.80. The smallest absolute Gasteiger partial charge is 0.254 e. The van der Waals surface area contributed by atoms with E-state index in [0.717, 1.165) is 30.5 Å². The molecular formula is C21H25NO4. The Morgan fingerprint density at radius 3 is 2.35 bits per heavy atom. The molecule has 1 heterocycles. The molecule has 138 valence electrons. The van der Waals surface area contributed by atoms with Crippen molar-refractivity contribution in [2.24, 2.45) is 0 Å². The number of methoxy groups -OCH3 is 3. The summed E-state index contributed by atoms with van der Waals surface area (Å²) in [7, 11) is 4.92. The third-order valence-corrected chi connectivity index (χ3v) is 4.85. The number of amides is 1. The van der Waals surface area contributed by atoms with Gasteiger partial charge in [-0.1, -0.05) is 18.2 Å². The van der Waals surface area contributed by atoms with Crippen LogP contribution in [-0.2, 0) is 4.74 Å². The fraction of sp³-hybridized carbons (Fsp3) is 0.381. The lowest BCUT2D eigenvalue weighted by Crippen LogP contribution is -2.38. The fourth-order valence-electron chi connectivity index (χ4n) is 3.46. The molecular weight excluding hydrogens is 330 g/mol. The number of carbonyl (C=O) groups excluding carboxylic acids is 1. The topological polar surface area (TPSA) is 48.0 Å². The van der Waals surface area contributed by atoms with E-state index in [-0.39, 0.29) is 11.9 Å². The highest BCUT2D eigenvalue weighted by molar-refractivity contribution is 5.95. The Morgan fingerprint density at radius 2 is 1.69 bits per heavy atom. The predicted octanol–water partition coefficient (Wildman–Crippen LogP) is 3.62. The number of likely N-dealkylation sites (tertiary alicyclic amines) is 1. The van der Waals surface area contributed by atoms with Gasteiger partial charge < -0.3 is 19.1 Å². The van der Waals surface area contributed by atoms with Crippen LogP contribution < -0.4 is 9.47 Å². The number of ether oxygens (including phenoxy) is 3. The second-order valence-electron chi connectivity index (χ2n) is 6.40. The first-order valence-corrected chi connectivity index (χ1v) is 8.80. The van der Waals surface area contributed by atoms with E-state index in [1.165, 1.54) is 0 Å². The molecule has 0 spiro atoms. The lowest BCUT2D eigenvalue weighted by Gasteiger charge is -2.24. The molecule has 0 radical (unpaired) electrons. The molecule has 0 bridgehead atoms. The molecule has 1 fully saturated rings. The van der Waals surface area contributed by atoms with Crippen molar-refractivity contribution >= 4 is 5.91 Å². The standard InChI is InChI=1S/C21H25NO4/c1-24-14-18-5-4-12-22(18)21(23)16-8-6-15(7-9-16)17-10-11-19(25-2)20(13-17)26-3/h6-11,13,18H,4-5,12,14H2,1-3H3/t18-/m0/s1. The highest BCUT2D eigenvalue weighted by Crippen LogP contribution is 2.32. The van der Waals surface area contributed by atoms with Crippen LogP contribution in [0.5, 0.6) is 11.5 Å². The van der Waals surface area contributed by atoms with Crippen LogP contribution in [0, 0.1) is 0 Å². The maximum atomic E-state index is 12.8. The van der Waals surface area contributed by atoms with Crippen LogP contribution in [0.3, 0.4) is 0 Å². The normalized spacial score (nSPS) is 16.6. The van der Waals surface area contributed by atoms with Gasteiger partial charge in [0.05, 0.1) is 26.9 Å². The minimum Gasteiger partial charge on any atom is -0.493 e. The number of nitrogens with zero attached hydrogens (tertiary/aromatic N) is 1. The molecule has 1 atom stereocenters. The van der Waals surface area contributed by atoms with Gasteiger partial charge in [0, 0.05) is 19.2 Å². The maximum Gasteiger partial charge on any atom is 0.254 e. The van der Waals surface area contributed by atoms with Gasteiger partial charge in [-0.05, 0) is 48.2 Å². The molecule has 0 aromatic heterocycles. The second kappa shape index (κ2) is 8.23. The van der Waals surface area contributed by atoms with Crippen molar-refractivity contribution in [2.45, 2.75) is 18.9 Å². The summed E-state index contributed by atoms with van der Waals surface area (Å²) in [5.74, 6) is 1.45. The van der Waals surface area contributed by atoms with E-state index in [2.05, 4.69) is 0 Å². The largest absolute Gasteiger partial charge is 0.493 e. The fourth-order valence-corrected chi connectivity index (χ4v) is 3.46. The monoisotopic (exact) mass is 355 g/mol. The lowest BCUT2D eigenvalue weighted by atomic mass is 10.0. The molecule has 2 aromatic rings. The van der Waals surface area contributed by atoms with E-state index in [4.69, 9.17) is 14.2 Å². The molecule has 2 aromatic carbocycles. The molecule has 26 heavy (non-hydrogen) atoms. The van der Waals surface area contributed by atoms with Gasteiger partial charge >= 0.3 is 0 Å². The summed E-state index contributed by atoms with van der Waals surface area (Å²) < 4.78 is 15.9. The molecule has 0 saturated carbocycles. The maximum absolute atomic E-state index is 12.8. The number of carbonyl (C=O) groups is 1. The van der Waals surface area contributed by atoms with E-state index in [1.807, 2.05) is 47.4 Å². The van der Waals surface area contributed by atoms with E-state index < -0.39 is 0 Å². The molecule has 0 unspecified atom stereocenters. The van der Waals surface area contributed by atoms with Gasteiger partial charge in [0.2, 0.25) is 0 Å². The van der Waals surface area contributed by atoms with E-state index in [1.54, 1.807) is 21.3 Å². The van der Waals surface area contributed by atoms with Gasteiger partial charge in [0.15, 0.2) is 11.5 Å². The number of benzene rings is 2. The van der Waals surface area contributed by atoms with Crippen molar-refractivity contribution < 1.29 is 19.0 Å². The van der Waals surface area contributed by atoms with Crippen molar-refractivity contribution in [3.63, 3.8) is 0 Å². The summed E-state index contributed by atoms with van der Waals surface area (Å²) >= 11 is 0. The van der Waals surface area contributed by atoms with Gasteiger partial charge in [-0.25, -0.2) is 0 Å². The predicted molar refractivity (Wildman–Crippen MR) is 101 cm³/mol. The molecule has 3 rings (SSSR count). The average Bonchev–Trinajstić information content (AvgIpc) is 3.15. The van der Waals surface area contributed by atoms with Crippen molar-refractivity contribution in [1.29, 1.82) is 0 Å². The SMILES string of the molecule is COC[C@@H]1CCCN1C(=O)c1ccc(-c2ccc(OC)c(OC)c2)cc1. The molecule has 1 amide bonds. The van der Waals surface area contributed by atoms with Crippen LogP contribution in [0.15, 0.2) is 42.5 Å². The second-order valence-corrected chi connectivity index (χ2v) is 6.40. The zero-order chi connectivity index (χ0) is 18.5. The Kier molecular flexibility index (Phi) is 5.78. The third kappa shape index (κ3) is 3.68. The first-order chi connectivity index (χ1) is 12.7. The minimum atomic E-state index is 0.0726. The van der Waals surface area contributed by atoms with E-state index >= 15 is 0 Å². The Morgan fingerprint density at radius 1 is 1.00 bits per heavy atom. The number of hydrogen-bond acceptors (Lipinski definition) is 4. The Balaban J connectivity index is 1.79. The summed E-state index contributed by atoms with van der Waals surface area (Å²) in [6.45, 7) is 1.39. The number of rotatable bonds is 6.